The number of nitro groups is 1. The second-order valence-electron chi connectivity index (χ2n) is 6.26. The van der Waals surface area contributed by atoms with E-state index in [1.807, 2.05) is 38.5 Å². The summed E-state index contributed by atoms with van der Waals surface area (Å²) in [6.07, 6.45) is 1.59. The summed E-state index contributed by atoms with van der Waals surface area (Å²) in [4.78, 5) is 10.7. The van der Waals surface area contributed by atoms with Crippen molar-refractivity contribution in [1.29, 1.82) is 0 Å². The van der Waals surface area contributed by atoms with E-state index in [1.54, 1.807) is 18.4 Å². The fraction of sp³-hybridized carbons (Fsp3) is 0.333. The SMILES string of the molecule is Cc1occc1-c1nnc(SCc2cc([N+](=O)[O-])ccc2OC(C)C)n1C. The van der Waals surface area contributed by atoms with Gasteiger partial charge in [0.1, 0.15) is 11.5 Å². The van der Waals surface area contributed by atoms with E-state index in [1.165, 1.54) is 17.8 Å². The molecule has 1 aromatic carbocycles. The third kappa shape index (κ3) is 4.13. The van der Waals surface area contributed by atoms with Gasteiger partial charge in [-0.15, -0.1) is 10.2 Å². The summed E-state index contributed by atoms with van der Waals surface area (Å²) in [6, 6.07) is 6.49. The highest BCUT2D eigenvalue weighted by molar-refractivity contribution is 7.98. The molecule has 0 saturated carbocycles. The minimum absolute atomic E-state index is 0.0271. The molecule has 3 rings (SSSR count). The van der Waals surface area contributed by atoms with Gasteiger partial charge in [-0.1, -0.05) is 11.8 Å². The molecule has 3 aromatic rings. The number of aryl methyl sites for hydroxylation is 1. The molecule has 142 valence electrons. The second-order valence-corrected chi connectivity index (χ2v) is 7.20. The first kappa shape index (κ1) is 19.0. The Bertz CT molecular complexity index is 964. The van der Waals surface area contributed by atoms with Gasteiger partial charge in [-0.25, -0.2) is 0 Å². The van der Waals surface area contributed by atoms with Crippen LogP contribution in [0.1, 0.15) is 25.2 Å². The van der Waals surface area contributed by atoms with Crippen molar-refractivity contribution in [1.82, 2.24) is 14.8 Å². The highest BCUT2D eigenvalue weighted by atomic mass is 32.2. The minimum atomic E-state index is -0.407. The molecule has 0 amide bonds. The number of non-ortho nitro benzene ring substituents is 1. The molecule has 0 aliphatic heterocycles. The summed E-state index contributed by atoms with van der Waals surface area (Å²) >= 11 is 1.44. The van der Waals surface area contributed by atoms with E-state index in [9.17, 15) is 10.1 Å². The Morgan fingerprint density at radius 1 is 1.33 bits per heavy atom. The predicted octanol–water partition coefficient (Wildman–Crippen LogP) is 4.37. The van der Waals surface area contributed by atoms with Crippen molar-refractivity contribution in [2.45, 2.75) is 37.8 Å². The Kier molecular flexibility index (Phi) is 5.50. The van der Waals surface area contributed by atoms with E-state index in [4.69, 9.17) is 9.15 Å². The zero-order chi connectivity index (χ0) is 19.6. The average molecular weight is 388 g/mol. The molecule has 0 saturated heterocycles. The lowest BCUT2D eigenvalue weighted by Crippen LogP contribution is -2.07. The largest absolute Gasteiger partial charge is 0.491 e. The van der Waals surface area contributed by atoms with E-state index < -0.39 is 4.92 Å². The van der Waals surface area contributed by atoms with Crippen LogP contribution in [0, 0.1) is 17.0 Å². The van der Waals surface area contributed by atoms with Gasteiger partial charge < -0.3 is 13.7 Å². The Morgan fingerprint density at radius 2 is 2.11 bits per heavy atom. The van der Waals surface area contributed by atoms with Gasteiger partial charge in [-0.2, -0.15) is 0 Å². The molecule has 0 unspecified atom stereocenters. The molecule has 0 N–H and O–H groups in total. The van der Waals surface area contributed by atoms with Gasteiger partial charge in [0.2, 0.25) is 0 Å². The number of nitrogens with zero attached hydrogens (tertiary/aromatic N) is 4. The van der Waals surface area contributed by atoms with Gasteiger partial charge in [0.25, 0.3) is 5.69 Å². The number of nitro benzene ring substituents is 1. The third-order valence-corrected chi connectivity index (χ3v) is 4.98. The Morgan fingerprint density at radius 3 is 2.74 bits per heavy atom. The molecular formula is C18H20N4O4S. The fourth-order valence-electron chi connectivity index (χ4n) is 2.60. The van der Waals surface area contributed by atoms with Crippen LogP contribution in [0.4, 0.5) is 5.69 Å². The maximum absolute atomic E-state index is 11.1. The van der Waals surface area contributed by atoms with E-state index in [0.29, 0.717) is 22.5 Å². The van der Waals surface area contributed by atoms with Crippen LogP contribution in [0.25, 0.3) is 11.4 Å². The predicted molar refractivity (Wildman–Crippen MR) is 102 cm³/mol. The number of hydrogen-bond acceptors (Lipinski definition) is 7. The number of benzene rings is 1. The Labute approximate surface area is 160 Å². The van der Waals surface area contributed by atoms with Gasteiger partial charge >= 0.3 is 0 Å². The van der Waals surface area contributed by atoms with Crippen LogP contribution in [-0.4, -0.2) is 25.8 Å². The van der Waals surface area contributed by atoms with Crippen molar-refractivity contribution in [2.24, 2.45) is 7.05 Å². The molecule has 27 heavy (non-hydrogen) atoms. The number of ether oxygens (including phenoxy) is 1. The molecule has 0 bridgehead atoms. The number of rotatable bonds is 7. The molecule has 0 aliphatic carbocycles. The number of hydrogen-bond donors (Lipinski definition) is 0. The first-order valence-corrected chi connectivity index (χ1v) is 9.36. The zero-order valence-electron chi connectivity index (χ0n) is 15.5. The summed E-state index contributed by atoms with van der Waals surface area (Å²) in [7, 11) is 1.88. The summed E-state index contributed by atoms with van der Waals surface area (Å²) in [5, 5.41) is 20.3. The van der Waals surface area contributed by atoms with Crippen molar-refractivity contribution < 1.29 is 14.1 Å². The summed E-state index contributed by atoms with van der Waals surface area (Å²) in [6.45, 7) is 5.70. The molecule has 8 nitrogen and oxygen atoms in total. The van der Waals surface area contributed by atoms with E-state index >= 15 is 0 Å². The zero-order valence-corrected chi connectivity index (χ0v) is 16.3. The third-order valence-electron chi connectivity index (χ3n) is 3.91. The molecule has 2 aromatic heterocycles. The van der Waals surface area contributed by atoms with Crippen molar-refractivity contribution in [3.63, 3.8) is 0 Å². The molecular weight excluding hydrogens is 368 g/mol. The van der Waals surface area contributed by atoms with E-state index in [-0.39, 0.29) is 11.8 Å². The first-order chi connectivity index (χ1) is 12.9. The minimum Gasteiger partial charge on any atom is -0.491 e. The van der Waals surface area contributed by atoms with Crippen molar-refractivity contribution >= 4 is 17.4 Å². The van der Waals surface area contributed by atoms with Crippen LogP contribution < -0.4 is 4.74 Å². The fourth-order valence-corrected chi connectivity index (χ4v) is 3.48. The van der Waals surface area contributed by atoms with Crippen molar-refractivity contribution in [2.75, 3.05) is 0 Å². The normalized spacial score (nSPS) is 11.1. The standard InChI is InChI=1S/C18H20N4O4S/c1-11(2)26-16-6-5-14(22(23)24)9-13(16)10-27-18-20-19-17(21(18)4)15-7-8-25-12(15)3/h5-9,11H,10H2,1-4H3. The smallest absolute Gasteiger partial charge is 0.270 e. The maximum Gasteiger partial charge on any atom is 0.270 e. The van der Waals surface area contributed by atoms with Crippen LogP contribution in [-0.2, 0) is 12.8 Å². The van der Waals surface area contributed by atoms with Gasteiger partial charge in [-0.3, -0.25) is 10.1 Å². The Hall–Kier alpha value is -2.81. The lowest BCUT2D eigenvalue weighted by Gasteiger charge is -2.14. The number of aromatic nitrogens is 3. The lowest BCUT2D eigenvalue weighted by atomic mass is 10.2. The number of furan rings is 1. The molecule has 0 spiro atoms. The van der Waals surface area contributed by atoms with Crippen LogP contribution in [0.15, 0.2) is 40.1 Å². The van der Waals surface area contributed by atoms with Crippen LogP contribution >= 0.6 is 11.8 Å². The molecule has 0 atom stereocenters. The van der Waals surface area contributed by atoms with Gasteiger partial charge in [0.05, 0.1) is 22.9 Å². The van der Waals surface area contributed by atoms with E-state index in [0.717, 1.165) is 16.9 Å². The van der Waals surface area contributed by atoms with E-state index in [2.05, 4.69) is 10.2 Å². The summed E-state index contributed by atoms with van der Waals surface area (Å²) < 4.78 is 13.0. The quantitative estimate of drug-likeness (QED) is 0.337. The monoisotopic (exact) mass is 388 g/mol. The van der Waals surface area contributed by atoms with Crippen LogP contribution in [0.3, 0.4) is 0 Å². The van der Waals surface area contributed by atoms with Gasteiger partial charge in [-0.05, 0) is 32.9 Å². The van der Waals surface area contributed by atoms with Crippen molar-refractivity contribution in [3.05, 3.63) is 52.0 Å². The van der Waals surface area contributed by atoms with Crippen LogP contribution in [0.5, 0.6) is 5.75 Å². The first-order valence-electron chi connectivity index (χ1n) is 8.37. The second kappa shape index (κ2) is 7.83. The molecule has 2 heterocycles. The number of thioether (sulfide) groups is 1. The maximum atomic E-state index is 11.1. The average Bonchev–Trinajstić information content (AvgIpc) is 3.18. The topological polar surface area (TPSA) is 96.2 Å². The van der Waals surface area contributed by atoms with Crippen molar-refractivity contribution in [3.8, 4) is 17.1 Å². The molecule has 0 radical (unpaired) electrons. The molecule has 9 heteroatoms. The summed E-state index contributed by atoms with van der Waals surface area (Å²) in [5.74, 6) is 2.59. The summed E-state index contributed by atoms with van der Waals surface area (Å²) in [5.41, 5.74) is 1.66. The van der Waals surface area contributed by atoms with Gasteiger partial charge in [0.15, 0.2) is 11.0 Å². The lowest BCUT2D eigenvalue weighted by molar-refractivity contribution is -0.384. The highest BCUT2D eigenvalue weighted by Gasteiger charge is 2.17. The van der Waals surface area contributed by atoms with Crippen LogP contribution in [0.2, 0.25) is 0 Å². The molecule has 0 fully saturated rings. The molecule has 0 aliphatic rings. The highest BCUT2D eigenvalue weighted by Crippen LogP contribution is 2.32. The Balaban J connectivity index is 1.84. The van der Waals surface area contributed by atoms with Gasteiger partial charge in [0, 0.05) is 30.5 Å².